The normalized spacial score (nSPS) is 11.1. The number of hydrogen-bond acceptors (Lipinski definition) is 3. The largest absolute Gasteiger partial charge is 0.477 e. The van der Waals surface area contributed by atoms with E-state index in [1.54, 1.807) is 48.5 Å². The first-order chi connectivity index (χ1) is 14.4. The number of aliphatic carboxylic acids is 1. The maximum atomic E-state index is 12.2. The van der Waals surface area contributed by atoms with Crippen molar-refractivity contribution in [1.29, 1.82) is 0 Å². The van der Waals surface area contributed by atoms with Crippen LogP contribution in [0, 0.1) is 3.57 Å². The molecule has 5 nitrogen and oxygen atoms in total. The van der Waals surface area contributed by atoms with Crippen molar-refractivity contribution in [1.82, 2.24) is 5.32 Å². The van der Waals surface area contributed by atoms with E-state index in [0.29, 0.717) is 16.3 Å². The van der Waals surface area contributed by atoms with E-state index in [4.69, 9.17) is 16.3 Å². The summed E-state index contributed by atoms with van der Waals surface area (Å²) >= 11 is 8.02. The van der Waals surface area contributed by atoms with Crippen LogP contribution in [0.1, 0.15) is 11.1 Å². The van der Waals surface area contributed by atoms with Crippen LogP contribution in [-0.2, 0) is 16.0 Å². The molecule has 3 aromatic carbocycles. The molecule has 0 radical (unpaired) electrons. The van der Waals surface area contributed by atoms with Crippen LogP contribution in [0.3, 0.4) is 0 Å². The summed E-state index contributed by atoms with van der Waals surface area (Å²) in [6, 6.07) is 21.4. The number of ether oxygens (including phenoxy) is 1. The molecule has 0 aliphatic heterocycles. The average Bonchev–Trinajstić information content (AvgIpc) is 2.72. The number of rotatable bonds is 7. The standard InChI is InChI=1S/C23H17ClINO4/c24-17-9-5-16(6-10-17)14-22(27)26-20(23(28)29)13-15-7-11-18(12-8-15)30-21-4-2-1-3-19(21)25/h1-13H,14H2,(H,26,27)(H,28,29). The summed E-state index contributed by atoms with van der Waals surface area (Å²) in [5.74, 6) is -0.287. The van der Waals surface area contributed by atoms with E-state index in [2.05, 4.69) is 27.9 Å². The fourth-order valence-electron chi connectivity index (χ4n) is 2.59. The van der Waals surface area contributed by atoms with Crippen LogP contribution in [0.25, 0.3) is 6.08 Å². The fraction of sp³-hybridized carbons (Fsp3) is 0.0435. The summed E-state index contributed by atoms with van der Waals surface area (Å²) in [5, 5.41) is 12.5. The topological polar surface area (TPSA) is 75.6 Å². The van der Waals surface area contributed by atoms with Gasteiger partial charge in [0, 0.05) is 5.02 Å². The van der Waals surface area contributed by atoms with Gasteiger partial charge < -0.3 is 15.2 Å². The fourth-order valence-corrected chi connectivity index (χ4v) is 3.21. The third kappa shape index (κ3) is 6.33. The van der Waals surface area contributed by atoms with Crippen LogP contribution in [0.5, 0.6) is 11.5 Å². The van der Waals surface area contributed by atoms with Gasteiger partial charge in [-0.25, -0.2) is 4.79 Å². The lowest BCUT2D eigenvalue weighted by atomic mass is 10.1. The third-order valence-electron chi connectivity index (χ3n) is 4.04. The highest BCUT2D eigenvalue weighted by molar-refractivity contribution is 14.1. The molecule has 0 aliphatic rings. The highest BCUT2D eigenvalue weighted by Crippen LogP contribution is 2.26. The van der Waals surface area contributed by atoms with Crippen LogP contribution in [0.15, 0.2) is 78.5 Å². The van der Waals surface area contributed by atoms with Crippen molar-refractivity contribution in [2.24, 2.45) is 0 Å². The molecule has 0 saturated heterocycles. The van der Waals surface area contributed by atoms with Crippen molar-refractivity contribution >= 4 is 52.1 Å². The molecule has 7 heteroatoms. The van der Waals surface area contributed by atoms with Crippen LogP contribution in [-0.4, -0.2) is 17.0 Å². The number of amides is 1. The summed E-state index contributed by atoms with van der Waals surface area (Å²) < 4.78 is 6.81. The van der Waals surface area contributed by atoms with Gasteiger partial charge in [0.15, 0.2) is 0 Å². The summed E-state index contributed by atoms with van der Waals surface area (Å²) in [6.07, 6.45) is 1.45. The molecule has 3 rings (SSSR count). The maximum absolute atomic E-state index is 12.2. The Kier molecular flexibility index (Phi) is 7.48. The number of halogens is 2. The molecule has 0 atom stereocenters. The molecule has 0 aliphatic carbocycles. The Bertz CT molecular complexity index is 1080. The van der Waals surface area contributed by atoms with Crippen molar-refractivity contribution in [3.05, 3.63) is 98.2 Å². The van der Waals surface area contributed by atoms with Gasteiger partial charge in [-0.05, 0) is 76.2 Å². The van der Waals surface area contributed by atoms with Gasteiger partial charge in [0.1, 0.15) is 17.2 Å². The number of benzene rings is 3. The predicted octanol–water partition coefficient (Wildman–Crippen LogP) is 5.52. The van der Waals surface area contributed by atoms with Gasteiger partial charge in [-0.3, -0.25) is 4.79 Å². The van der Waals surface area contributed by atoms with E-state index >= 15 is 0 Å². The van der Waals surface area contributed by atoms with Gasteiger partial charge in [0.25, 0.3) is 0 Å². The SMILES string of the molecule is O=C(Cc1ccc(Cl)cc1)NC(=Cc1ccc(Oc2ccccc2I)cc1)C(=O)O. The minimum absolute atomic E-state index is 0.0459. The molecule has 0 aromatic heterocycles. The van der Waals surface area contributed by atoms with Crippen LogP contribution in [0.2, 0.25) is 5.02 Å². The van der Waals surface area contributed by atoms with E-state index in [0.717, 1.165) is 14.9 Å². The van der Waals surface area contributed by atoms with E-state index < -0.39 is 11.9 Å². The highest BCUT2D eigenvalue weighted by atomic mass is 127. The zero-order valence-corrected chi connectivity index (χ0v) is 18.6. The first-order valence-electron chi connectivity index (χ1n) is 8.92. The van der Waals surface area contributed by atoms with Gasteiger partial charge in [-0.1, -0.05) is 48.0 Å². The second kappa shape index (κ2) is 10.3. The van der Waals surface area contributed by atoms with Crippen molar-refractivity contribution < 1.29 is 19.4 Å². The number of carbonyl (C=O) groups excluding carboxylic acids is 1. The van der Waals surface area contributed by atoms with Crippen LogP contribution in [0.4, 0.5) is 0 Å². The number of carboxylic acid groups (broad SMARTS) is 1. The Hall–Kier alpha value is -2.84. The zero-order chi connectivity index (χ0) is 21.5. The van der Waals surface area contributed by atoms with E-state index in [1.807, 2.05) is 24.3 Å². The van der Waals surface area contributed by atoms with Gasteiger partial charge >= 0.3 is 5.97 Å². The number of hydrogen-bond donors (Lipinski definition) is 2. The Morgan fingerprint density at radius 2 is 1.67 bits per heavy atom. The molecule has 0 saturated carbocycles. The first kappa shape index (κ1) is 21.9. The van der Waals surface area contributed by atoms with E-state index in [9.17, 15) is 14.7 Å². The monoisotopic (exact) mass is 533 g/mol. The summed E-state index contributed by atoms with van der Waals surface area (Å²) in [4.78, 5) is 23.8. The quantitative estimate of drug-likeness (QED) is 0.310. The lowest BCUT2D eigenvalue weighted by molar-refractivity contribution is -0.134. The molecular formula is C23H17ClINO4. The molecule has 0 fully saturated rings. The highest BCUT2D eigenvalue weighted by Gasteiger charge is 2.12. The number of para-hydroxylation sites is 1. The zero-order valence-electron chi connectivity index (χ0n) is 15.6. The molecule has 2 N–H and O–H groups in total. The van der Waals surface area contributed by atoms with Gasteiger partial charge in [-0.15, -0.1) is 0 Å². The number of carboxylic acids is 1. The van der Waals surface area contributed by atoms with E-state index in [-0.39, 0.29) is 12.1 Å². The molecule has 0 unspecified atom stereocenters. The number of carbonyl (C=O) groups is 2. The molecule has 0 heterocycles. The smallest absolute Gasteiger partial charge is 0.352 e. The molecule has 30 heavy (non-hydrogen) atoms. The second-order valence-electron chi connectivity index (χ2n) is 6.32. The van der Waals surface area contributed by atoms with Crippen molar-refractivity contribution in [3.63, 3.8) is 0 Å². The number of nitrogens with one attached hydrogen (secondary N) is 1. The molecule has 0 bridgehead atoms. The van der Waals surface area contributed by atoms with Crippen LogP contribution < -0.4 is 10.1 Å². The summed E-state index contributed by atoms with van der Waals surface area (Å²) in [6.45, 7) is 0. The van der Waals surface area contributed by atoms with Gasteiger partial charge in [0.05, 0.1) is 9.99 Å². The first-order valence-corrected chi connectivity index (χ1v) is 10.4. The Labute approximate surface area is 192 Å². The Morgan fingerprint density at radius 1 is 1.00 bits per heavy atom. The lowest BCUT2D eigenvalue weighted by Gasteiger charge is -2.09. The van der Waals surface area contributed by atoms with Crippen molar-refractivity contribution in [3.8, 4) is 11.5 Å². The molecule has 152 valence electrons. The summed E-state index contributed by atoms with van der Waals surface area (Å²) in [5.41, 5.74) is 1.15. The molecular weight excluding hydrogens is 517 g/mol. The summed E-state index contributed by atoms with van der Waals surface area (Å²) in [7, 11) is 0. The van der Waals surface area contributed by atoms with E-state index in [1.165, 1.54) is 6.08 Å². The Morgan fingerprint density at radius 3 is 2.30 bits per heavy atom. The Balaban J connectivity index is 1.68. The van der Waals surface area contributed by atoms with Crippen molar-refractivity contribution in [2.45, 2.75) is 6.42 Å². The second-order valence-corrected chi connectivity index (χ2v) is 7.91. The maximum Gasteiger partial charge on any atom is 0.352 e. The minimum Gasteiger partial charge on any atom is -0.477 e. The van der Waals surface area contributed by atoms with Gasteiger partial charge in [-0.2, -0.15) is 0 Å². The lowest BCUT2D eigenvalue weighted by Crippen LogP contribution is -2.28. The average molecular weight is 534 g/mol. The minimum atomic E-state index is -1.22. The predicted molar refractivity (Wildman–Crippen MR) is 125 cm³/mol. The molecule has 1 amide bonds. The van der Waals surface area contributed by atoms with Crippen molar-refractivity contribution in [2.75, 3.05) is 0 Å². The van der Waals surface area contributed by atoms with Crippen LogP contribution >= 0.6 is 34.2 Å². The molecule has 3 aromatic rings. The third-order valence-corrected chi connectivity index (χ3v) is 5.18. The molecule has 0 spiro atoms. The van der Waals surface area contributed by atoms with Gasteiger partial charge in [0.2, 0.25) is 5.91 Å².